The smallest absolute Gasteiger partial charge is 0.279 e. The number of aromatic nitrogens is 2. The topological polar surface area (TPSA) is 76.5 Å². The second-order valence-electron chi connectivity index (χ2n) is 7.91. The Morgan fingerprint density at radius 3 is 2.39 bits per heavy atom. The number of carbonyl (C=O) groups is 1. The van der Waals surface area contributed by atoms with Gasteiger partial charge in [0.25, 0.3) is 11.5 Å². The van der Waals surface area contributed by atoms with Gasteiger partial charge in [-0.25, -0.2) is 0 Å². The summed E-state index contributed by atoms with van der Waals surface area (Å²) in [7, 11) is 5.54. The van der Waals surface area contributed by atoms with Crippen molar-refractivity contribution in [3.05, 3.63) is 100 Å². The van der Waals surface area contributed by atoms with Gasteiger partial charge >= 0.3 is 0 Å². The zero-order valence-corrected chi connectivity index (χ0v) is 18.9. The molecule has 33 heavy (non-hydrogen) atoms. The lowest BCUT2D eigenvalue weighted by Crippen LogP contribution is -2.36. The Hall–Kier alpha value is -3.97. The van der Waals surface area contributed by atoms with Crippen molar-refractivity contribution in [3.8, 4) is 11.4 Å². The first-order valence-corrected chi connectivity index (χ1v) is 10.7. The van der Waals surface area contributed by atoms with Gasteiger partial charge in [0.2, 0.25) is 0 Å². The Bertz CT molecular complexity index is 1330. The molecule has 1 amide bonds. The Balaban J connectivity index is 1.69. The van der Waals surface area contributed by atoms with E-state index < -0.39 is 0 Å². The summed E-state index contributed by atoms with van der Waals surface area (Å²) in [6.07, 6.45) is 0. The van der Waals surface area contributed by atoms with Gasteiger partial charge in [0.1, 0.15) is 5.75 Å². The third-order valence-electron chi connectivity index (χ3n) is 5.58. The quantitative estimate of drug-likeness (QED) is 0.475. The number of para-hydroxylation sites is 1. The van der Waals surface area contributed by atoms with Crippen molar-refractivity contribution in [3.63, 3.8) is 0 Å². The molecule has 0 aliphatic carbocycles. The summed E-state index contributed by atoms with van der Waals surface area (Å²) in [5.41, 5.74) is 1.56. The van der Waals surface area contributed by atoms with Gasteiger partial charge in [-0.2, -0.15) is 9.78 Å². The first-order chi connectivity index (χ1) is 16.0. The van der Waals surface area contributed by atoms with Crippen LogP contribution in [0.3, 0.4) is 0 Å². The molecule has 1 atom stereocenters. The number of benzene rings is 3. The summed E-state index contributed by atoms with van der Waals surface area (Å²) in [6, 6.07) is 23.8. The first-order valence-electron chi connectivity index (χ1n) is 10.7. The standard InChI is InChI=1S/C26H26N4O3/c1-29(2)23(18-10-9-13-20(16-18)33-3)17-27-25(31)24-21-14-7-8-15-22(21)26(32)30(28-24)19-11-5-4-6-12-19/h4-16,23H,17H2,1-3H3,(H,27,31). The Morgan fingerprint density at radius 2 is 1.70 bits per heavy atom. The highest BCUT2D eigenvalue weighted by molar-refractivity contribution is 6.04. The predicted octanol–water partition coefficient (Wildman–Crippen LogP) is 3.43. The average Bonchev–Trinajstić information content (AvgIpc) is 2.85. The highest BCUT2D eigenvalue weighted by Crippen LogP contribution is 2.22. The van der Waals surface area contributed by atoms with Crippen LogP contribution in [0.4, 0.5) is 0 Å². The molecular weight excluding hydrogens is 416 g/mol. The summed E-state index contributed by atoms with van der Waals surface area (Å²) in [5.74, 6) is 0.416. The molecular formula is C26H26N4O3. The second kappa shape index (κ2) is 9.67. The van der Waals surface area contributed by atoms with E-state index in [2.05, 4.69) is 10.4 Å². The van der Waals surface area contributed by atoms with Crippen molar-refractivity contribution < 1.29 is 9.53 Å². The fraction of sp³-hybridized carbons (Fsp3) is 0.192. The fourth-order valence-corrected chi connectivity index (χ4v) is 3.82. The molecule has 0 saturated heterocycles. The maximum Gasteiger partial charge on any atom is 0.279 e. The molecule has 7 nitrogen and oxygen atoms in total. The summed E-state index contributed by atoms with van der Waals surface area (Å²) in [4.78, 5) is 28.4. The molecule has 1 unspecified atom stereocenters. The van der Waals surface area contributed by atoms with E-state index in [1.54, 1.807) is 43.5 Å². The number of carbonyl (C=O) groups excluding carboxylic acids is 1. The maximum absolute atomic E-state index is 13.3. The number of hydrogen-bond acceptors (Lipinski definition) is 5. The highest BCUT2D eigenvalue weighted by atomic mass is 16.5. The van der Waals surface area contributed by atoms with Crippen LogP contribution in [-0.4, -0.2) is 48.3 Å². The molecule has 0 fully saturated rings. The van der Waals surface area contributed by atoms with Crippen LogP contribution < -0.4 is 15.6 Å². The van der Waals surface area contributed by atoms with Crippen LogP contribution in [-0.2, 0) is 0 Å². The molecule has 0 radical (unpaired) electrons. The molecule has 4 rings (SSSR count). The number of amides is 1. The lowest BCUT2D eigenvalue weighted by Gasteiger charge is -2.25. The van der Waals surface area contributed by atoms with Gasteiger partial charge in [0.05, 0.1) is 24.2 Å². The molecule has 0 spiro atoms. The third kappa shape index (κ3) is 4.63. The zero-order chi connectivity index (χ0) is 23.4. The number of methoxy groups -OCH3 is 1. The van der Waals surface area contributed by atoms with E-state index in [-0.39, 0.29) is 23.2 Å². The highest BCUT2D eigenvalue weighted by Gasteiger charge is 2.20. The normalized spacial score (nSPS) is 12.0. The van der Waals surface area contributed by atoms with Gasteiger partial charge in [0, 0.05) is 11.9 Å². The number of nitrogens with one attached hydrogen (secondary N) is 1. The summed E-state index contributed by atoms with van der Waals surface area (Å²) >= 11 is 0. The van der Waals surface area contributed by atoms with Crippen molar-refractivity contribution in [1.82, 2.24) is 20.0 Å². The Kier molecular flexibility index (Phi) is 6.51. The van der Waals surface area contributed by atoms with E-state index >= 15 is 0 Å². The first kappa shape index (κ1) is 22.2. The molecule has 168 valence electrons. The maximum atomic E-state index is 13.3. The van der Waals surface area contributed by atoms with Gasteiger partial charge in [-0.1, -0.05) is 48.5 Å². The van der Waals surface area contributed by atoms with Crippen LogP contribution in [0.2, 0.25) is 0 Å². The molecule has 0 bridgehead atoms. The predicted molar refractivity (Wildman–Crippen MR) is 129 cm³/mol. The minimum absolute atomic E-state index is 0.0738. The number of ether oxygens (including phenoxy) is 1. The zero-order valence-electron chi connectivity index (χ0n) is 18.9. The SMILES string of the molecule is COc1cccc(C(CNC(=O)c2nn(-c3ccccc3)c(=O)c3ccccc23)N(C)C)c1. The van der Waals surface area contributed by atoms with Crippen LogP contribution in [0.1, 0.15) is 22.1 Å². The van der Waals surface area contributed by atoms with Crippen molar-refractivity contribution in [2.24, 2.45) is 0 Å². The van der Waals surface area contributed by atoms with Crippen LogP contribution >= 0.6 is 0 Å². The number of nitrogens with zero attached hydrogens (tertiary/aromatic N) is 3. The number of rotatable bonds is 7. The molecule has 0 aliphatic heterocycles. The number of likely N-dealkylation sites (N-methyl/N-ethyl adjacent to an activating group) is 1. The molecule has 0 aliphatic rings. The number of fused-ring (bicyclic) bond motifs is 1. The van der Waals surface area contributed by atoms with Crippen molar-refractivity contribution in [1.29, 1.82) is 0 Å². The van der Waals surface area contributed by atoms with E-state index in [4.69, 9.17) is 4.74 Å². The van der Waals surface area contributed by atoms with E-state index in [1.807, 2.05) is 61.5 Å². The van der Waals surface area contributed by atoms with Crippen LogP contribution in [0.25, 0.3) is 16.5 Å². The molecule has 4 aromatic rings. The van der Waals surface area contributed by atoms with Crippen molar-refractivity contribution in [2.75, 3.05) is 27.7 Å². The molecule has 3 aromatic carbocycles. The largest absolute Gasteiger partial charge is 0.497 e. The van der Waals surface area contributed by atoms with E-state index in [0.717, 1.165) is 11.3 Å². The van der Waals surface area contributed by atoms with Crippen LogP contribution in [0, 0.1) is 0 Å². The number of hydrogen-bond donors (Lipinski definition) is 1. The van der Waals surface area contributed by atoms with E-state index in [0.29, 0.717) is 23.0 Å². The lowest BCUT2D eigenvalue weighted by atomic mass is 10.1. The Labute approximate surface area is 192 Å². The molecule has 0 saturated carbocycles. The van der Waals surface area contributed by atoms with Gasteiger partial charge in [-0.05, 0) is 50.0 Å². The fourth-order valence-electron chi connectivity index (χ4n) is 3.82. The summed E-state index contributed by atoms with van der Waals surface area (Å²) < 4.78 is 6.63. The minimum Gasteiger partial charge on any atom is -0.497 e. The van der Waals surface area contributed by atoms with Crippen LogP contribution in [0.5, 0.6) is 5.75 Å². The van der Waals surface area contributed by atoms with Gasteiger partial charge in [-0.3, -0.25) is 9.59 Å². The summed E-state index contributed by atoms with van der Waals surface area (Å²) in [6.45, 7) is 0.361. The van der Waals surface area contributed by atoms with Gasteiger partial charge in [0.15, 0.2) is 5.69 Å². The molecule has 1 N–H and O–H groups in total. The summed E-state index contributed by atoms with van der Waals surface area (Å²) in [5, 5.41) is 8.43. The molecule has 7 heteroatoms. The minimum atomic E-state index is -0.342. The third-order valence-corrected chi connectivity index (χ3v) is 5.58. The van der Waals surface area contributed by atoms with Gasteiger partial charge < -0.3 is 15.0 Å². The van der Waals surface area contributed by atoms with Crippen molar-refractivity contribution >= 4 is 16.7 Å². The Morgan fingerprint density at radius 1 is 1.00 bits per heavy atom. The van der Waals surface area contributed by atoms with Gasteiger partial charge in [-0.15, -0.1) is 0 Å². The second-order valence-corrected chi connectivity index (χ2v) is 7.91. The average molecular weight is 443 g/mol. The molecule has 1 heterocycles. The lowest BCUT2D eigenvalue weighted by molar-refractivity contribution is 0.0937. The van der Waals surface area contributed by atoms with Crippen LogP contribution in [0.15, 0.2) is 83.7 Å². The monoisotopic (exact) mass is 442 g/mol. The van der Waals surface area contributed by atoms with Crippen molar-refractivity contribution in [2.45, 2.75) is 6.04 Å². The molecule has 1 aromatic heterocycles. The van der Waals surface area contributed by atoms with E-state index in [1.165, 1.54) is 4.68 Å². The van der Waals surface area contributed by atoms with E-state index in [9.17, 15) is 9.59 Å².